The number of fused-ring (bicyclic) bond motifs is 2. The van der Waals surface area contributed by atoms with Crippen LogP contribution in [0.2, 0.25) is 0 Å². The summed E-state index contributed by atoms with van der Waals surface area (Å²) in [5, 5.41) is 27.4. The molecule has 0 aromatic heterocycles. The topological polar surface area (TPSA) is 148 Å². The van der Waals surface area contributed by atoms with Crippen molar-refractivity contribution in [3.63, 3.8) is 0 Å². The first-order valence-corrected chi connectivity index (χ1v) is 23.5. The molecule has 0 saturated heterocycles. The van der Waals surface area contributed by atoms with E-state index in [4.69, 9.17) is 28.9 Å². The van der Waals surface area contributed by atoms with Crippen LogP contribution in [0.4, 0.5) is 9.59 Å². The van der Waals surface area contributed by atoms with Gasteiger partial charge in [-0.1, -0.05) is 116 Å². The monoisotopic (exact) mass is 854 g/mol. The fraction of sp³-hybridized carbons (Fsp3) is 0.735. The molecule has 1 aromatic carbocycles. The van der Waals surface area contributed by atoms with Crippen molar-refractivity contribution in [1.29, 1.82) is 0 Å². The Kier molecular flexibility index (Phi) is 20.9. The number of likely N-dealkylation sites (N-methyl/N-ethyl adjacent to an activating group) is 1. The fourth-order valence-corrected chi connectivity index (χ4v) is 9.39. The molecule has 12 heteroatoms. The Hall–Kier alpha value is -3.61. The molecule has 0 spiro atoms. The van der Waals surface area contributed by atoms with Crippen LogP contribution in [0.15, 0.2) is 47.7 Å². The van der Waals surface area contributed by atoms with Crippen LogP contribution in [-0.2, 0) is 14.3 Å². The molecule has 1 fully saturated rings. The van der Waals surface area contributed by atoms with Gasteiger partial charge in [0.05, 0.1) is 24.8 Å². The van der Waals surface area contributed by atoms with E-state index < -0.39 is 29.9 Å². The number of aliphatic hydroxyl groups is 2. The first-order valence-electron chi connectivity index (χ1n) is 23.5. The quantitative estimate of drug-likeness (QED) is 0.0447. The van der Waals surface area contributed by atoms with Crippen LogP contribution in [0.5, 0.6) is 11.5 Å². The van der Waals surface area contributed by atoms with E-state index in [0.29, 0.717) is 43.2 Å². The van der Waals surface area contributed by atoms with Gasteiger partial charge >= 0.3 is 12.2 Å². The first kappa shape index (κ1) is 50.0. The van der Waals surface area contributed by atoms with Crippen molar-refractivity contribution in [2.75, 3.05) is 46.6 Å². The number of rotatable bonds is 27. The Morgan fingerprint density at radius 3 is 2.28 bits per heavy atom. The van der Waals surface area contributed by atoms with Crippen molar-refractivity contribution in [2.45, 2.75) is 162 Å². The molecule has 6 unspecified atom stereocenters. The van der Waals surface area contributed by atoms with Gasteiger partial charge in [0.1, 0.15) is 24.1 Å². The van der Waals surface area contributed by atoms with Gasteiger partial charge in [-0.25, -0.2) is 9.59 Å². The van der Waals surface area contributed by atoms with E-state index in [1.807, 2.05) is 39.8 Å². The Morgan fingerprint density at radius 1 is 0.967 bits per heavy atom. The van der Waals surface area contributed by atoms with E-state index in [1.54, 1.807) is 24.1 Å². The molecule has 1 aromatic rings. The number of benzene rings is 1. The third-order valence-electron chi connectivity index (χ3n) is 12.3. The number of nitrogens with zero attached hydrogens (tertiary/aromatic N) is 2. The maximum absolute atomic E-state index is 14.0. The molecular formula is C49H79N3O9. The Bertz CT molecular complexity index is 1570. The number of hydrogen-bond donors (Lipinski definition) is 3. The van der Waals surface area contributed by atoms with Crippen molar-refractivity contribution < 1.29 is 43.6 Å². The molecule has 3 N–H and O–H groups in total. The summed E-state index contributed by atoms with van der Waals surface area (Å²) in [7, 11) is 1.72. The molecule has 12 nitrogen and oxygen atoms in total. The zero-order valence-electron chi connectivity index (χ0n) is 38.4. The smallest absolute Gasteiger partial charge is 0.412 e. The lowest BCUT2D eigenvalue weighted by Gasteiger charge is -2.59. The third kappa shape index (κ3) is 14.2. The van der Waals surface area contributed by atoms with Crippen LogP contribution in [0, 0.1) is 23.2 Å². The molecule has 6 atom stereocenters. The molecule has 2 amide bonds. The van der Waals surface area contributed by atoms with Crippen LogP contribution in [0.25, 0.3) is 0 Å². The van der Waals surface area contributed by atoms with Crippen LogP contribution in [0.1, 0.15) is 155 Å². The first-order chi connectivity index (χ1) is 29.4. The summed E-state index contributed by atoms with van der Waals surface area (Å²) in [5.41, 5.74) is 2.28. The largest absolute Gasteiger partial charge is 0.459 e. The number of carbonyl (C=O) groups excluding carboxylic acids is 2. The summed E-state index contributed by atoms with van der Waals surface area (Å²) in [6.45, 7) is 15.6. The summed E-state index contributed by atoms with van der Waals surface area (Å²) in [6, 6.07) is 4.83. The summed E-state index contributed by atoms with van der Waals surface area (Å²) in [4.78, 5) is 34.5. The van der Waals surface area contributed by atoms with E-state index >= 15 is 0 Å². The van der Waals surface area contributed by atoms with Crippen molar-refractivity contribution in [1.82, 2.24) is 10.2 Å². The molecule has 3 aliphatic rings. The number of oxime groups is 1. The second kappa shape index (κ2) is 25.5. The molecular weight excluding hydrogens is 775 g/mol. The summed E-state index contributed by atoms with van der Waals surface area (Å²) < 4.78 is 25.9. The number of hydrogen-bond acceptors (Lipinski definition) is 10. The predicted octanol–water partition coefficient (Wildman–Crippen LogP) is 10.5. The molecule has 0 bridgehead atoms. The van der Waals surface area contributed by atoms with Gasteiger partial charge in [-0.3, -0.25) is 0 Å². The van der Waals surface area contributed by atoms with Gasteiger partial charge in [-0.05, 0) is 80.1 Å². The van der Waals surface area contributed by atoms with Gasteiger partial charge in [-0.15, -0.1) is 6.58 Å². The molecule has 1 saturated carbocycles. The van der Waals surface area contributed by atoms with E-state index in [1.165, 1.54) is 51.4 Å². The lowest BCUT2D eigenvalue weighted by molar-refractivity contribution is -0.253. The third-order valence-corrected chi connectivity index (χ3v) is 12.3. The second-order valence-electron chi connectivity index (χ2n) is 18.4. The molecule has 61 heavy (non-hydrogen) atoms. The lowest BCUT2D eigenvalue weighted by Crippen LogP contribution is -2.69. The summed E-state index contributed by atoms with van der Waals surface area (Å²) >= 11 is 0. The highest BCUT2D eigenvalue weighted by molar-refractivity contribution is 6.03. The number of ether oxygens (including phenoxy) is 4. The number of amides is 2. The van der Waals surface area contributed by atoms with Gasteiger partial charge in [0.15, 0.2) is 0 Å². The van der Waals surface area contributed by atoms with Crippen LogP contribution in [0.3, 0.4) is 0 Å². The summed E-state index contributed by atoms with van der Waals surface area (Å²) in [6.07, 6.45) is 20.0. The predicted molar refractivity (Wildman–Crippen MR) is 241 cm³/mol. The summed E-state index contributed by atoms with van der Waals surface area (Å²) in [5.74, 6) is -0.989. The lowest BCUT2D eigenvalue weighted by atomic mass is 9.55. The maximum Gasteiger partial charge on any atom is 0.412 e. The Labute approximate surface area is 366 Å². The number of carbonyl (C=O) groups is 2. The van der Waals surface area contributed by atoms with E-state index in [9.17, 15) is 19.8 Å². The molecule has 0 radical (unpaired) electrons. The fourth-order valence-electron chi connectivity index (χ4n) is 9.39. The minimum Gasteiger partial charge on any atom is -0.459 e. The van der Waals surface area contributed by atoms with Crippen molar-refractivity contribution in [3.05, 3.63) is 48.1 Å². The molecule has 1 aliphatic heterocycles. The standard InChI is InChI=1S/C49H79N3O9/c1-8-11-12-13-14-15-16-17-18-21-28-50-46(55)60-37-26-27-42-40(33-37)44-38(25-20-23-30-54)36(24-19-22-29-53)32-39-41(51-59-10-3)34-43(49(61-42,45(39)44)58-31-9-2)52(7)47(56)57-35-48(4,5)6/h9,26-27,32-33,36,38,43-45,53-54H,2,8,10-25,28-31,34-35H2,1,3-7H3,(H,50,55). The molecule has 2 aliphatic carbocycles. The van der Waals surface area contributed by atoms with Gasteiger partial charge < -0.3 is 44.2 Å². The van der Waals surface area contributed by atoms with Crippen LogP contribution >= 0.6 is 0 Å². The average molecular weight is 854 g/mol. The normalized spacial score (nSPS) is 23.6. The Balaban J connectivity index is 1.72. The van der Waals surface area contributed by atoms with Crippen LogP contribution < -0.4 is 14.8 Å². The maximum atomic E-state index is 14.0. The van der Waals surface area contributed by atoms with Crippen molar-refractivity contribution >= 4 is 17.9 Å². The SMILES string of the molecule is C=CCOC12Oc3ccc(OC(=O)NCCCCCCCCCCCC)cc3C3C(CCCCO)C(CCCCO)C=C(C(=NOCC)CC1N(C)C(=O)OCC(C)(C)C)C32. The minimum atomic E-state index is -1.39. The van der Waals surface area contributed by atoms with Crippen LogP contribution in [-0.4, -0.2) is 91.5 Å². The van der Waals surface area contributed by atoms with Gasteiger partial charge in [0, 0.05) is 44.7 Å². The zero-order chi connectivity index (χ0) is 44.3. The highest BCUT2D eigenvalue weighted by atomic mass is 16.7. The van der Waals surface area contributed by atoms with E-state index in [2.05, 4.69) is 24.9 Å². The van der Waals surface area contributed by atoms with Gasteiger partial charge in [0.25, 0.3) is 0 Å². The Morgan fingerprint density at radius 2 is 1.64 bits per heavy atom. The second-order valence-corrected chi connectivity index (χ2v) is 18.4. The number of aliphatic hydroxyl groups excluding tert-OH is 2. The van der Waals surface area contributed by atoms with Gasteiger partial charge in [-0.2, -0.15) is 0 Å². The highest BCUT2D eigenvalue weighted by Crippen LogP contribution is 2.61. The molecule has 4 rings (SSSR count). The number of unbranched alkanes of at least 4 members (excludes halogenated alkanes) is 11. The van der Waals surface area contributed by atoms with Crippen molar-refractivity contribution in [3.8, 4) is 11.5 Å². The van der Waals surface area contributed by atoms with Crippen molar-refractivity contribution in [2.24, 2.45) is 28.3 Å². The molecule has 344 valence electrons. The number of nitrogens with one attached hydrogen (secondary N) is 1. The van der Waals surface area contributed by atoms with E-state index in [0.717, 1.165) is 49.7 Å². The minimum absolute atomic E-state index is 0.0407. The van der Waals surface area contributed by atoms with E-state index in [-0.39, 0.29) is 56.0 Å². The number of allylic oxidation sites excluding steroid dienone is 1. The average Bonchev–Trinajstić information content (AvgIpc) is 3.24. The van der Waals surface area contributed by atoms with Gasteiger partial charge in [0.2, 0.25) is 5.79 Å². The molecule has 1 heterocycles. The zero-order valence-corrected chi connectivity index (χ0v) is 38.4. The highest BCUT2D eigenvalue weighted by Gasteiger charge is 2.65.